The first-order valence-corrected chi connectivity index (χ1v) is 9.30. The molecule has 3 aromatic rings. The summed E-state index contributed by atoms with van der Waals surface area (Å²) >= 11 is 0. The van der Waals surface area contributed by atoms with Crippen molar-refractivity contribution in [1.29, 1.82) is 0 Å². The number of carbonyl (C=O) groups is 2. The molecule has 0 unspecified atom stereocenters. The third kappa shape index (κ3) is 3.51. The molecule has 0 fully saturated rings. The summed E-state index contributed by atoms with van der Waals surface area (Å²) in [6.45, 7) is 1.12. The van der Waals surface area contributed by atoms with Crippen LogP contribution < -0.4 is 4.90 Å². The topological polar surface area (TPSA) is 53.5 Å². The summed E-state index contributed by atoms with van der Waals surface area (Å²) in [6, 6.07) is 22.7. The highest BCUT2D eigenvalue weighted by atomic mass is 16.2. The molecule has 0 saturated carbocycles. The highest BCUT2D eigenvalue weighted by Crippen LogP contribution is 2.28. The molecule has 0 spiro atoms. The third-order valence-corrected chi connectivity index (χ3v) is 4.93. The number of aromatic nitrogens is 1. The van der Waals surface area contributed by atoms with Crippen molar-refractivity contribution in [2.45, 2.75) is 13.0 Å². The molecule has 2 amide bonds. The van der Waals surface area contributed by atoms with Gasteiger partial charge in [-0.2, -0.15) is 0 Å². The van der Waals surface area contributed by atoms with Gasteiger partial charge in [-0.05, 0) is 35.7 Å². The van der Waals surface area contributed by atoms with E-state index in [0.29, 0.717) is 13.1 Å². The van der Waals surface area contributed by atoms with Crippen molar-refractivity contribution in [3.63, 3.8) is 0 Å². The zero-order valence-corrected chi connectivity index (χ0v) is 15.7. The van der Waals surface area contributed by atoms with Gasteiger partial charge in [0.1, 0.15) is 11.4 Å². The van der Waals surface area contributed by atoms with E-state index in [-0.39, 0.29) is 23.2 Å². The zero-order chi connectivity index (χ0) is 19.5. The molecule has 5 nitrogen and oxygen atoms in total. The van der Waals surface area contributed by atoms with Crippen molar-refractivity contribution in [3.8, 4) is 0 Å². The largest absolute Gasteiger partial charge is 0.336 e. The van der Waals surface area contributed by atoms with Gasteiger partial charge in [0.25, 0.3) is 11.8 Å². The first kappa shape index (κ1) is 17.9. The van der Waals surface area contributed by atoms with Crippen molar-refractivity contribution in [2.24, 2.45) is 0 Å². The number of anilines is 1. The standard InChI is InChI=1S/C23H21N3O2/c1-25(16-17-8-3-2-4-9-17)22(27)19-11-7-12-20(24-19)23(28)26-15-14-18-10-5-6-13-21(18)26/h2-13H,14-16H2,1H3. The van der Waals surface area contributed by atoms with Gasteiger partial charge < -0.3 is 9.80 Å². The molecular formula is C23H21N3O2. The number of rotatable bonds is 4. The van der Waals surface area contributed by atoms with Gasteiger partial charge in [-0.1, -0.05) is 54.6 Å². The Morgan fingerprint density at radius 3 is 2.46 bits per heavy atom. The molecule has 0 N–H and O–H groups in total. The second-order valence-corrected chi connectivity index (χ2v) is 6.89. The van der Waals surface area contributed by atoms with Crippen molar-refractivity contribution in [3.05, 3.63) is 95.3 Å². The quantitative estimate of drug-likeness (QED) is 0.705. The highest BCUT2D eigenvalue weighted by Gasteiger charge is 2.26. The molecule has 0 aliphatic carbocycles. The van der Waals surface area contributed by atoms with Crippen LogP contribution in [0.2, 0.25) is 0 Å². The third-order valence-electron chi connectivity index (χ3n) is 4.93. The first-order valence-electron chi connectivity index (χ1n) is 9.30. The predicted octanol–water partition coefficient (Wildman–Crippen LogP) is 3.56. The van der Waals surface area contributed by atoms with Crippen LogP contribution in [0.1, 0.15) is 32.1 Å². The number of benzene rings is 2. The molecule has 0 atom stereocenters. The number of hydrogen-bond acceptors (Lipinski definition) is 3. The molecule has 2 heterocycles. The van der Waals surface area contributed by atoms with Crippen LogP contribution >= 0.6 is 0 Å². The fraction of sp³-hybridized carbons (Fsp3) is 0.174. The molecule has 1 aromatic heterocycles. The van der Waals surface area contributed by atoms with E-state index in [1.165, 1.54) is 0 Å². The minimum Gasteiger partial charge on any atom is -0.336 e. The Kier molecular flexibility index (Phi) is 4.89. The molecule has 1 aliphatic heterocycles. The fourth-order valence-corrected chi connectivity index (χ4v) is 3.49. The number of amides is 2. The lowest BCUT2D eigenvalue weighted by Crippen LogP contribution is -2.31. The van der Waals surface area contributed by atoms with Crippen LogP contribution in [0.5, 0.6) is 0 Å². The summed E-state index contributed by atoms with van der Waals surface area (Å²) in [7, 11) is 1.74. The van der Waals surface area contributed by atoms with Gasteiger partial charge in [0, 0.05) is 25.8 Å². The Balaban J connectivity index is 1.53. The molecule has 0 saturated heterocycles. The maximum absolute atomic E-state index is 13.0. The normalized spacial score (nSPS) is 12.5. The Morgan fingerprint density at radius 2 is 1.64 bits per heavy atom. The SMILES string of the molecule is CN(Cc1ccccc1)C(=O)c1cccc(C(=O)N2CCc3ccccc32)n1. The maximum atomic E-state index is 13.0. The van der Waals surface area contributed by atoms with E-state index in [2.05, 4.69) is 4.98 Å². The molecular weight excluding hydrogens is 350 g/mol. The van der Waals surface area contributed by atoms with E-state index in [1.54, 1.807) is 35.0 Å². The number of para-hydroxylation sites is 1. The smallest absolute Gasteiger partial charge is 0.276 e. The first-order chi connectivity index (χ1) is 13.6. The molecule has 5 heteroatoms. The fourth-order valence-electron chi connectivity index (χ4n) is 3.49. The summed E-state index contributed by atoms with van der Waals surface area (Å²) < 4.78 is 0. The number of fused-ring (bicyclic) bond motifs is 1. The van der Waals surface area contributed by atoms with Gasteiger partial charge in [0.15, 0.2) is 0 Å². The van der Waals surface area contributed by atoms with Gasteiger partial charge in [0.2, 0.25) is 0 Å². The van der Waals surface area contributed by atoms with Crippen molar-refractivity contribution in [2.75, 3.05) is 18.5 Å². The minimum atomic E-state index is -0.208. The predicted molar refractivity (Wildman–Crippen MR) is 108 cm³/mol. The van der Waals surface area contributed by atoms with Crippen LogP contribution in [0.4, 0.5) is 5.69 Å². The molecule has 28 heavy (non-hydrogen) atoms. The Bertz CT molecular complexity index is 1020. The Morgan fingerprint density at radius 1 is 0.929 bits per heavy atom. The van der Waals surface area contributed by atoms with E-state index in [0.717, 1.165) is 23.2 Å². The van der Waals surface area contributed by atoms with Crippen LogP contribution in [0.3, 0.4) is 0 Å². The van der Waals surface area contributed by atoms with Crippen molar-refractivity contribution < 1.29 is 9.59 Å². The summed E-state index contributed by atoms with van der Waals surface area (Å²) in [5, 5.41) is 0. The molecule has 0 radical (unpaired) electrons. The van der Waals surface area contributed by atoms with Crippen LogP contribution in [0, 0.1) is 0 Å². The van der Waals surface area contributed by atoms with Crippen molar-refractivity contribution in [1.82, 2.24) is 9.88 Å². The Labute approximate surface area is 164 Å². The number of carbonyl (C=O) groups excluding carboxylic acids is 2. The monoisotopic (exact) mass is 371 g/mol. The zero-order valence-electron chi connectivity index (χ0n) is 15.7. The lowest BCUT2D eigenvalue weighted by molar-refractivity contribution is 0.0779. The lowest BCUT2D eigenvalue weighted by atomic mass is 10.2. The minimum absolute atomic E-state index is 0.176. The molecule has 4 rings (SSSR count). The van der Waals surface area contributed by atoms with Crippen LogP contribution in [-0.2, 0) is 13.0 Å². The number of hydrogen-bond donors (Lipinski definition) is 0. The van der Waals surface area contributed by atoms with Crippen molar-refractivity contribution >= 4 is 17.5 Å². The molecule has 1 aliphatic rings. The van der Waals surface area contributed by atoms with Gasteiger partial charge in [-0.15, -0.1) is 0 Å². The van der Waals surface area contributed by atoms with Crippen LogP contribution in [0.15, 0.2) is 72.8 Å². The number of pyridine rings is 1. The molecule has 140 valence electrons. The van der Waals surface area contributed by atoms with E-state index < -0.39 is 0 Å². The van der Waals surface area contributed by atoms with Gasteiger partial charge in [-0.25, -0.2) is 4.98 Å². The van der Waals surface area contributed by atoms with Gasteiger partial charge in [-0.3, -0.25) is 9.59 Å². The lowest BCUT2D eigenvalue weighted by Gasteiger charge is -2.19. The summed E-state index contributed by atoms with van der Waals surface area (Å²) in [6.07, 6.45) is 0.834. The highest BCUT2D eigenvalue weighted by molar-refractivity contribution is 6.06. The maximum Gasteiger partial charge on any atom is 0.276 e. The summed E-state index contributed by atoms with van der Waals surface area (Å²) in [5.41, 5.74) is 3.68. The second kappa shape index (κ2) is 7.64. The molecule has 0 bridgehead atoms. The summed E-state index contributed by atoms with van der Waals surface area (Å²) in [5.74, 6) is -0.384. The van der Waals surface area contributed by atoms with Gasteiger partial charge in [0.05, 0.1) is 0 Å². The van der Waals surface area contributed by atoms with E-state index in [4.69, 9.17) is 0 Å². The van der Waals surface area contributed by atoms with E-state index >= 15 is 0 Å². The van der Waals surface area contributed by atoms with E-state index in [1.807, 2.05) is 54.6 Å². The average molecular weight is 371 g/mol. The van der Waals surface area contributed by atoms with Gasteiger partial charge >= 0.3 is 0 Å². The molecule has 2 aromatic carbocycles. The van der Waals surface area contributed by atoms with Crippen LogP contribution in [0.25, 0.3) is 0 Å². The Hall–Kier alpha value is -3.47. The van der Waals surface area contributed by atoms with E-state index in [9.17, 15) is 9.59 Å². The second-order valence-electron chi connectivity index (χ2n) is 6.89. The number of nitrogens with zero attached hydrogens (tertiary/aromatic N) is 3. The van der Waals surface area contributed by atoms with Crippen LogP contribution in [-0.4, -0.2) is 35.3 Å². The average Bonchev–Trinajstić information content (AvgIpc) is 3.17. The summed E-state index contributed by atoms with van der Waals surface area (Å²) in [4.78, 5) is 33.5.